The molecule has 0 radical (unpaired) electrons. The van der Waals surface area contributed by atoms with Gasteiger partial charge in [-0.2, -0.15) is 0 Å². The maximum Gasteiger partial charge on any atom is 0.303 e. The van der Waals surface area contributed by atoms with Crippen molar-refractivity contribution >= 4 is 5.97 Å². The molecule has 2 heteroatoms. The molecule has 88 valence electrons. The molecule has 2 nitrogen and oxygen atoms in total. The van der Waals surface area contributed by atoms with Crippen molar-refractivity contribution in [2.45, 2.75) is 64.9 Å². The van der Waals surface area contributed by atoms with Crippen molar-refractivity contribution in [1.29, 1.82) is 0 Å². The Kier molecular flexibility index (Phi) is 9.24. The van der Waals surface area contributed by atoms with Gasteiger partial charge in [0, 0.05) is 6.92 Å². The molecule has 0 spiro atoms. The van der Waals surface area contributed by atoms with Crippen molar-refractivity contribution in [1.82, 2.24) is 0 Å². The second kappa shape index (κ2) is 9.75. The molecule has 0 saturated carbocycles. The molecule has 0 saturated heterocycles. The van der Waals surface area contributed by atoms with E-state index in [1.165, 1.54) is 39.0 Å². The molecule has 0 heterocycles. The van der Waals surface area contributed by atoms with E-state index in [0.29, 0.717) is 0 Å². The monoisotopic (exact) mass is 212 g/mol. The fourth-order valence-electron chi connectivity index (χ4n) is 1.56. The SMILES string of the molecule is C=CC(CCCCCCCC)OC(C)=O. The lowest BCUT2D eigenvalue weighted by molar-refractivity contribution is -0.144. The van der Waals surface area contributed by atoms with E-state index in [1.807, 2.05) is 0 Å². The lowest BCUT2D eigenvalue weighted by atomic mass is 10.1. The number of unbranched alkanes of at least 4 members (excludes halogenated alkanes) is 5. The number of ether oxygens (including phenoxy) is 1. The van der Waals surface area contributed by atoms with Crippen molar-refractivity contribution in [3.63, 3.8) is 0 Å². The minimum atomic E-state index is -0.217. The van der Waals surface area contributed by atoms with Gasteiger partial charge in [0.1, 0.15) is 6.10 Å². The van der Waals surface area contributed by atoms with Gasteiger partial charge in [0.25, 0.3) is 0 Å². The number of rotatable bonds is 9. The zero-order valence-corrected chi connectivity index (χ0v) is 10.1. The van der Waals surface area contributed by atoms with Gasteiger partial charge < -0.3 is 4.74 Å². The molecule has 0 rings (SSSR count). The first kappa shape index (κ1) is 14.2. The summed E-state index contributed by atoms with van der Waals surface area (Å²) in [5.41, 5.74) is 0. The van der Waals surface area contributed by atoms with E-state index in [0.717, 1.165) is 12.8 Å². The summed E-state index contributed by atoms with van der Waals surface area (Å²) in [6, 6.07) is 0. The van der Waals surface area contributed by atoms with Gasteiger partial charge in [-0.3, -0.25) is 4.79 Å². The smallest absolute Gasteiger partial charge is 0.303 e. The molecule has 0 aromatic heterocycles. The van der Waals surface area contributed by atoms with E-state index in [9.17, 15) is 4.79 Å². The minimum Gasteiger partial charge on any atom is -0.458 e. The second-order valence-corrected chi connectivity index (χ2v) is 3.94. The first-order valence-electron chi connectivity index (χ1n) is 6.00. The van der Waals surface area contributed by atoms with E-state index in [4.69, 9.17) is 4.74 Å². The summed E-state index contributed by atoms with van der Waals surface area (Å²) in [5, 5.41) is 0. The second-order valence-electron chi connectivity index (χ2n) is 3.94. The maximum absolute atomic E-state index is 10.7. The molecule has 0 aliphatic carbocycles. The number of carbonyl (C=O) groups is 1. The average Bonchev–Trinajstić information content (AvgIpc) is 2.20. The van der Waals surface area contributed by atoms with Crippen LogP contribution in [0.4, 0.5) is 0 Å². The fourth-order valence-corrected chi connectivity index (χ4v) is 1.56. The summed E-state index contributed by atoms with van der Waals surface area (Å²) >= 11 is 0. The highest BCUT2D eigenvalue weighted by Gasteiger charge is 2.06. The Bertz CT molecular complexity index is 175. The topological polar surface area (TPSA) is 26.3 Å². The average molecular weight is 212 g/mol. The summed E-state index contributed by atoms with van der Waals surface area (Å²) < 4.78 is 5.07. The third-order valence-corrected chi connectivity index (χ3v) is 2.42. The molecule has 0 aromatic carbocycles. The van der Waals surface area contributed by atoms with E-state index in [-0.39, 0.29) is 12.1 Å². The molecule has 1 unspecified atom stereocenters. The molecule has 0 aliphatic heterocycles. The molecule has 0 aliphatic rings. The molecule has 0 amide bonds. The van der Waals surface area contributed by atoms with Crippen LogP contribution in [-0.2, 0) is 9.53 Å². The van der Waals surface area contributed by atoms with Crippen LogP contribution in [0.15, 0.2) is 12.7 Å². The molecule has 0 fully saturated rings. The van der Waals surface area contributed by atoms with Gasteiger partial charge in [-0.1, -0.05) is 51.7 Å². The van der Waals surface area contributed by atoms with Crippen LogP contribution in [0.3, 0.4) is 0 Å². The third-order valence-electron chi connectivity index (χ3n) is 2.42. The number of hydrogen-bond acceptors (Lipinski definition) is 2. The van der Waals surface area contributed by atoms with Gasteiger partial charge in [0.05, 0.1) is 0 Å². The molecule has 1 atom stereocenters. The Hall–Kier alpha value is -0.790. The van der Waals surface area contributed by atoms with Crippen molar-refractivity contribution in [3.05, 3.63) is 12.7 Å². The molecule has 15 heavy (non-hydrogen) atoms. The lowest BCUT2D eigenvalue weighted by Crippen LogP contribution is -2.13. The highest BCUT2D eigenvalue weighted by molar-refractivity contribution is 5.66. The van der Waals surface area contributed by atoms with Crippen LogP contribution in [0.5, 0.6) is 0 Å². The number of esters is 1. The van der Waals surface area contributed by atoms with Crippen LogP contribution >= 0.6 is 0 Å². The van der Waals surface area contributed by atoms with Gasteiger partial charge in [0.2, 0.25) is 0 Å². The van der Waals surface area contributed by atoms with Crippen molar-refractivity contribution in [3.8, 4) is 0 Å². The Morgan fingerprint density at radius 2 is 1.87 bits per heavy atom. The summed E-state index contributed by atoms with van der Waals surface area (Å²) in [6.45, 7) is 7.32. The molecule has 0 bridgehead atoms. The van der Waals surface area contributed by atoms with Crippen molar-refractivity contribution < 1.29 is 9.53 Å². The van der Waals surface area contributed by atoms with Crippen LogP contribution in [0.1, 0.15) is 58.8 Å². The van der Waals surface area contributed by atoms with Gasteiger partial charge in [-0.05, 0) is 12.8 Å². The Balaban J connectivity index is 3.38. The fraction of sp³-hybridized carbons (Fsp3) is 0.769. The molecule has 0 N–H and O–H groups in total. The van der Waals surface area contributed by atoms with Gasteiger partial charge in [-0.25, -0.2) is 0 Å². The van der Waals surface area contributed by atoms with Crippen molar-refractivity contribution in [2.75, 3.05) is 0 Å². The molecule has 0 aromatic rings. The molecular formula is C13H24O2. The van der Waals surface area contributed by atoms with Crippen molar-refractivity contribution in [2.24, 2.45) is 0 Å². The predicted octanol–water partition coefficient (Wildman–Crippen LogP) is 3.85. The van der Waals surface area contributed by atoms with Crippen LogP contribution in [0.2, 0.25) is 0 Å². The Morgan fingerprint density at radius 3 is 2.40 bits per heavy atom. The normalized spacial score (nSPS) is 12.1. The van der Waals surface area contributed by atoms with Crippen LogP contribution in [0.25, 0.3) is 0 Å². The quantitative estimate of drug-likeness (QED) is 0.329. The first-order chi connectivity index (χ1) is 7.20. The number of hydrogen-bond donors (Lipinski definition) is 0. The standard InChI is InChI=1S/C13H24O2/c1-4-6-7-8-9-10-11-13(5-2)15-12(3)14/h5,13H,2,4,6-11H2,1,3H3. The predicted molar refractivity (Wildman–Crippen MR) is 63.7 cm³/mol. The summed E-state index contributed by atoms with van der Waals surface area (Å²) in [5.74, 6) is -0.217. The minimum absolute atomic E-state index is 0.0892. The maximum atomic E-state index is 10.7. The summed E-state index contributed by atoms with van der Waals surface area (Å²) in [6.07, 6.45) is 10.1. The van der Waals surface area contributed by atoms with Crippen LogP contribution < -0.4 is 0 Å². The zero-order chi connectivity index (χ0) is 11.5. The van der Waals surface area contributed by atoms with E-state index >= 15 is 0 Å². The third kappa shape index (κ3) is 9.51. The largest absolute Gasteiger partial charge is 0.458 e. The Labute approximate surface area is 93.7 Å². The number of carbonyl (C=O) groups excluding carboxylic acids is 1. The first-order valence-corrected chi connectivity index (χ1v) is 6.00. The highest BCUT2D eigenvalue weighted by Crippen LogP contribution is 2.11. The summed E-state index contributed by atoms with van der Waals surface area (Å²) in [7, 11) is 0. The lowest BCUT2D eigenvalue weighted by Gasteiger charge is -2.12. The summed E-state index contributed by atoms with van der Waals surface area (Å²) in [4.78, 5) is 10.7. The van der Waals surface area contributed by atoms with Gasteiger partial charge in [0.15, 0.2) is 0 Å². The van der Waals surface area contributed by atoms with Gasteiger partial charge in [-0.15, -0.1) is 0 Å². The molecular weight excluding hydrogens is 188 g/mol. The zero-order valence-electron chi connectivity index (χ0n) is 10.1. The Morgan fingerprint density at radius 1 is 1.27 bits per heavy atom. The highest BCUT2D eigenvalue weighted by atomic mass is 16.5. The van der Waals surface area contributed by atoms with E-state index in [2.05, 4.69) is 13.5 Å². The van der Waals surface area contributed by atoms with E-state index in [1.54, 1.807) is 6.08 Å². The van der Waals surface area contributed by atoms with Crippen LogP contribution in [-0.4, -0.2) is 12.1 Å². The van der Waals surface area contributed by atoms with E-state index < -0.39 is 0 Å². The van der Waals surface area contributed by atoms with Gasteiger partial charge >= 0.3 is 5.97 Å². The van der Waals surface area contributed by atoms with Crippen LogP contribution in [0, 0.1) is 0 Å².